The van der Waals surface area contributed by atoms with E-state index in [0.29, 0.717) is 0 Å². The molecule has 0 aliphatic heterocycles. The number of rotatable bonds is 48. The Morgan fingerprint density at radius 1 is 0.221 bits per heavy atom. The fraction of sp³-hybridized carbons (Fsp3) is 0.543. The van der Waals surface area contributed by atoms with Gasteiger partial charge >= 0.3 is 0 Å². The summed E-state index contributed by atoms with van der Waals surface area (Å²) in [6.45, 7) is 9.35. The zero-order valence-electron chi connectivity index (χ0n) is 60.3. The molecular weight excluding hydrogens is 1170 g/mol. The molecule has 0 radical (unpaired) electrons. The normalized spacial score (nSPS) is 13.4. The Hall–Kier alpha value is -5.64. The summed E-state index contributed by atoms with van der Waals surface area (Å²) in [5.74, 6) is 0. The van der Waals surface area contributed by atoms with Crippen molar-refractivity contribution in [1.29, 1.82) is 0 Å². The molecule has 0 spiro atoms. The number of benzene rings is 7. The van der Waals surface area contributed by atoms with Gasteiger partial charge in [0.05, 0.1) is 11.7 Å². The van der Waals surface area contributed by atoms with E-state index in [-0.39, 0.29) is 10.8 Å². The Morgan fingerprint density at radius 2 is 0.453 bits per heavy atom. The third-order valence-corrected chi connectivity index (χ3v) is 23.3. The second kappa shape index (κ2) is 39.1. The summed E-state index contributed by atoms with van der Waals surface area (Å²) in [5.41, 5.74) is 24.5. The zero-order valence-corrected chi connectivity index (χ0v) is 61.1. The van der Waals surface area contributed by atoms with Crippen LogP contribution in [0.3, 0.4) is 0 Å². The van der Waals surface area contributed by atoms with Crippen LogP contribution in [-0.2, 0) is 10.8 Å². The molecule has 2 nitrogen and oxygen atoms in total. The average Bonchev–Trinajstić information content (AvgIpc) is 1.44. The van der Waals surface area contributed by atoms with E-state index in [0.717, 1.165) is 16.6 Å². The van der Waals surface area contributed by atoms with Crippen LogP contribution in [0.5, 0.6) is 0 Å². The number of fused-ring (bicyclic) bond motifs is 7. The van der Waals surface area contributed by atoms with Gasteiger partial charge in [0.2, 0.25) is 0 Å². The van der Waals surface area contributed by atoms with E-state index in [4.69, 9.17) is 8.75 Å². The summed E-state index contributed by atoms with van der Waals surface area (Å²) in [5, 5.41) is 0. The van der Waals surface area contributed by atoms with E-state index in [1.54, 1.807) is 22.3 Å². The van der Waals surface area contributed by atoms with E-state index >= 15 is 0 Å². The van der Waals surface area contributed by atoms with E-state index in [1.165, 1.54) is 355 Å². The number of hydrogen-bond donors (Lipinski definition) is 0. The quantitative estimate of drug-likeness (QED) is 0.0355. The lowest BCUT2D eigenvalue weighted by atomic mass is 9.69. The lowest BCUT2D eigenvalue weighted by molar-refractivity contribution is 0.396. The van der Waals surface area contributed by atoms with Gasteiger partial charge < -0.3 is 0 Å². The van der Waals surface area contributed by atoms with E-state index < -0.39 is 0 Å². The Balaban J connectivity index is 1.02. The molecule has 3 heteroatoms. The molecule has 0 saturated carbocycles. The molecule has 0 saturated heterocycles. The van der Waals surface area contributed by atoms with Gasteiger partial charge in [-0.05, 0) is 128 Å². The molecule has 0 N–H and O–H groups in total. The molecule has 1 aromatic heterocycles. The van der Waals surface area contributed by atoms with Gasteiger partial charge in [0.25, 0.3) is 0 Å². The van der Waals surface area contributed by atoms with Gasteiger partial charge in [0.1, 0.15) is 11.0 Å². The molecule has 95 heavy (non-hydrogen) atoms. The second-order valence-electron chi connectivity index (χ2n) is 29.8. The van der Waals surface area contributed by atoms with Gasteiger partial charge in [-0.2, -0.15) is 8.75 Å². The largest absolute Gasteiger partial charge is 0.172 e. The highest BCUT2D eigenvalue weighted by Crippen LogP contribution is 2.59. The lowest BCUT2D eigenvalue weighted by Crippen LogP contribution is -2.26. The summed E-state index contributed by atoms with van der Waals surface area (Å²) in [6.07, 6.45) is 59.3. The average molecular weight is 1290 g/mol. The minimum Gasteiger partial charge on any atom is -0.172 e. The number of unbranched alkanes of at least 4 members (excludes halogenated alkanes) is 36. The summed E-state index contributed by atoms with van der Waals surface area (Å²) >= 11 is 1.35. The van der Waals surface area contributed by atoms with Gasteiger partial charge in [-0.15, -0.1) is 0 Å². The van der Waals surface area contributed by atoms with Crippen molar-refractivity contribution in [2.45, 2.75) is 321 Å². The van der Waals surface area contributed by atoms with Crippen LogP contribution in [-0.4, -0.2) is 8.75 Å². The third-order valence-electron chi connectivity index (χ3n) is 22.8. The van der Waals surface area contributed by atoms with Crippen molar-refractivity contribution in [2.24, 2.45) is 0 Å². The maximum atomic E-state index is 5.09. The van der Waals surface area contributed by atoms with Crippen LogP contribution in [0.4, 0.5) is 0 Å². The van der Waals surface area contributed by atoms with Gasteiger partial charge in [-0.1, -0.05) is 406 Å². The number of nitrogens with zero attached hydrogens (tertiary/aromatic N) is 2. The zero-order chi connectivity index (χ0) is 65.6. The molecule has 508 valence electrons. The maximum absolute atomic E-state index is 5.09. The highest BCUT2D eigenvalue weighted by atomic mass is 32.1. The molecule has 0 bridgehead atoms. The molecule has 10 rings (SSSR count). The van der Waals surface area contributed by atoms with Gasteiger partial charge in [0, 0.05) is 22.0 Å². The standard InChI is InChI=1S/C92H124N2S/c1-5-9-13-17-21-25-29-33-37-47-65-91(66-48-38-34-30-26-22-18-14-10-6-2)85-69-75(73-51-43-41-44-52-73)55-59-81(85)82-60-56-76(70-86(82)91)77-57-61-83-84-62-58-78(80-64-63-79(74-53-45-42-46-54-74)89-90(80)94-95-93-89)72-88(84)92(87(83)71-77,67-49-39-35-31-27-23-19-15-11-7-3)68-50-40-36-32-28-24-20-16-12-8-4/h41-46,51-64,69-72H,5-40,47-50,65-68H2,1-4H3. The molecule has 0 unspecified atom stereocenters. The SMILES string of the molecule is CCCCCCCCCCCCC1(CCCCCCCCCCCC)c2cc(-c3ccccc3)ccc2-c2ccc(-c3ccc4c(c3)C(CCCCCCCCCCCC)(CCCCCCCCCCCC)c3cc(-c5ccc(-c6ccccc6)c6nsnc56)ccc3-4)cc21. The van der Waals surface area contributed by atoms with E-state index in [1.807, 2.05) is 0 Å². The van der Waals surface area contributed by atoms with Gasteiger partial charge in [0.15, 0.2) is 0 Å². The molecule has 7 aromatic carbocycles. The first kappa shape index (κ1) is 72.1. The molecule has 0 atom stereocenters. The van der Waals surface area contributed by atoms with Crippen LogP contribution in [0.15, 0.2) is 146 Å². The van der Waals surface area contributed by atoms with Crippen LogP contribution in [0.1, 0.15) is 332 Å². The molecule has 0 fully saturated rings. The number of hydrogen-bond acceptors (Lipinski definition) is 3. The molecule has 0 amide bonds. The van der Waals surface area contributed by atoms with Gasteiger partial charge in [-0.25, -0.2) is 0 Å². The van der Waals surface area contributed by atoms with Crippen LogP contribution < -0.4 is 0 Å². The predicted molar refractivity (Wildman–Crippen MR) is 417 cm³/mol. The van der Waals surface area contributed by atoms with Crippen molar-refractivity contribution in [3.8, 4) is 66.8 Å². The molecular formula is C92H124N2S. The summed E-state index contributed by atoms with van der Waals surface area (Å²) < 4.78 is 10.1. The molecule has 8 aromatic rings. The minimum atomic E-state index is -0.0873. The summed E-state index contributed by atoms with van der Waals surface area (Å²) in [7, 11) is 0. The van der Waals surface area contributed by atoms with Crippen LogP contribution in [0.25, 0.3) is 77.8 Å². The topological polar surface area (TPSA) is 25.8 Å². The predicted octanol–water partition coefficient (Wildman–Crippen LogP) is 30.1. The van der Waals surface area contributed by atoms with Crippen LogP contribution >= 0.6 is 11.7 Å². The number of aromatic nitrogens is 2. The first-order valence-corrected chi connectivity index (χ1v) is 40.7. The summed E-state index contributed by atoms with van der Waals surface area (Å²) in [6, 6.07) is 57.7. The molecule has 2 aliphatic rings. The highest BCUT2D eigenvalue weighted by molar-refractivity contribution is 7.00. The highest BCUT2D eigenvalue weighted by Gasteiger charge is 2.45. The van der Waals surface area contributed by atoms with E-state index in [2.05, 4.69) is 173 Å². The van der Waals surface area contributed by atoms with Crippen molar-refractivity contribution in [1.82, 2.24) is 8.75 Å². The smallest absolute Gasteiger partial charge is 0.113 e. The van der Waals surface area contributed by atoms with Crippen LogP contribution in [0, 0.1) is 0 Å². The minimum absolute atomic E-state index is 0.0263. The molecule has 1 heterocycles. The van der Waals surface area contributed by atoms with Crippen molar-refractivity contribution in [3.63, 3.8) is 0 Å². The fourth-order valence-electron chi connectivity index (χ4n) is 17.3. The first-order valence-electron chi connectivity index (χ1n) is 40.0. The van der Waals surface area contributed by atoms with Crippen molar-refractivity contribution in [3.05, 3.63) is 168 Å². The van der Waals surface area contributed by atoms with Crippen LogP contribution in [0.2, 0.25) is 0 Å². The van der Waals surface area contributed by atoms with Gasteiger partial charge in [-0.3, -0.25) is 0 Å². The Bertz CT molecular complexity index is 3450. The Kier molecular flexibility index (Phi) is 29.7. The fourth-order valence-corrected chi connectivity index (χ4v) is 17.8. The third kappa shape index (κ3) is 19.2. The van der Waals surface area contributed by atoms with Crippen molar-refractivity contribution < 1.29 is 0 Å². The Labute approximate surface area is 583 Å². The maximum Gasteiger partial charge on any atom is 0.113 e. The molecule has 2 aliphatic carbocycles. The second-order valence-corrected chi connectivity index (χ2v) is 30.3. The lowest BCUT2D eigenvalue weighted by Gasteiger charge is -2.34. The summed E-state index contributed by atoms with van der Waals surface area (Å²) in [4.78, 5) is 0. The van der Waals surface area contributed by atoms with E-state index in [9.17, 15) is 0 Å². The van der Waals surface area contributed by atoms with Crippen molar-refractivity contribution in [2.75, 3.05) is 0 Å². The monoisotopic (exact) mass is 1290 g/mol. The van der Waals surface area contributed by atoms with Crippen molar-refractivity contribution >= 4 is 22.8 Å². The first-order chi connectivity index (χ1) is 47.0. The Morgan fingerprint density at radius 3 is 0.758 bits per heavy atom.